The summed E-state index contributed by atoms with van der Waals surface area (Å²) in [4.78, 5) is 29.1. The van der Waals surface area contributed by atoms with Crippen LogP contribution in [0, 0.1) is 5.92 Å². The highest BCUT2D eigenvalue weighted by molar-refractivity contribution is 7.92. The highest BCUT2D eigenvalue weighted by Gasteiger charge is 2.33. The number of nitrogens with one attached hydrogen (secondary N) is 1. The summed E-state index contributed by atoms with van der Waals surface area (Å²) in [6.07, 6.45) is 1.25. The van der Waals surface area contributed by atoms with Crippen molar-refractivity contribution in [1.29, 1.82) is 0 Å². The maximum atomic E-state index is 14.1. The Morgan fingerprint density at radius 3 is 2.15 bits per heavy atom. The fourth-order valence-corrected chi connectivity index (χ4v) is 5.34. The van der Waals surface area contributed by atoms with Crippen molar-refractivity contribution in [3.05, 3.63) is 94.0 Å². The van der Waals surface area contributed by atoms with Gasteiger partial charge in [0.15, 0.2) is 0 Å². The van der Waals surface area contributed by atoms with Crippen molar-refractivity contribution in [2.75, 3.05) is 30.8 Å². The Kier molecular flexibility index (Phi) is 11.5. The fraction of sp³-hybridized carbons (Fsp3) is 0.333. The second-order valence-electron chi connectivity index (χ2n) is 10.1. The van der Waals surface area contributed by atoms with Gasteiger partial charge in [-0.05, 0) is 53.4 Å². The van der Waals surface area contributed by atoms with Crippen LogP contribution in [-0.2, 0) is 32.6 Å². The van der Waals surface area contributed by atoms with Gasteiger partial charge in [-0.25, -0.2) is 8.42 Å². The van der Waals surface area contributed by atoms with Gasteiger partial charge in [-0.15, -0.1) is 0 Å². The average molecular weight is 621 g/mol. The number of benzene rings is 3. The van der Waals surface area contributed by atoms with E-state index in [0.717, 1.165) is 16.1 Å². The minimum atomic E-state index is -3.87. The van der Waals surface area contributed by atoms with Crippen LogP contribution in [0.4, 0.5) is 5.69 Å². The SMILES string of the molecule is COc1ccc(N(CC(=O)N(Cc2ccc(Cl)c(Cl)c2)[C@@H](Cc2ccccc2)C(=O)NCC(C)C)S(C)(=O)=O)cc1. The first-order valence-corrected chi connectivity index (χ1v) is 15.7. The zero-order valence-electron chi connectivity index (χ0n) is 23.5. The number of ether oxygens (including phenoxy) is 1. The van der Waals surface area contributed by atoms with Crippen LogP contribution in [0.2, 0.25) is 10.0 Å². The van der Waals surface area contributed by atoms with E-state index in [2.05, 4.69) is 5.32 Å². The lowest BCUT2D eigenvalue weighted by molar-refractivity contribution is -0.140. The summed E-state index contributed by atoms with van der Waals surface area (Å²) in [5, 5.41) is 3.60. The highest BCUT2D eigenvalue weighted by atomic mass is 35.5. The number of hydrogen-bond donors (Lipinski definition) is 1. The highest BCUT2D eigenvalue weighted by Crippen LogP contribution is 2.26. The molecule has 0 bridgehead atoms. The molecular weight excluding hydrogens is 585 g/mol. The Labute approximate surface area is 252 Å². The molecule has 0 aliphatic heterocycles. The maximum absolute atomic E-state index is 14.1. The van der Waals surface area contributed by atoms with Gasteiger partial charge in [0.2, 0.25) is 21.8 Å². The first kappa shape index (κ1) is 32.2. The van der Waals surface area contributed by atoms with Crippen LogP contribution in [0.1, 0.15) is 25.0 Å². The Hall–Kier alpha value is -3.27. The van der Waals surface area contributed by atoms with E-state index in [4.69, 9.17) is 27.9 Å². The first-order valence-electron chi connectivity index (χ1n) is 13.1. The molecule has 0 spiro atoms. The van der Waals surface area contributed by atoms with Crippen molar-refractivity contribution in [2.45, 2.75) is 32.9 Å². The average Bonchev–Trinajstić information content (AvgIpc) is 2.94. The van der Waals surface area contributed by atoms with E-state index in [9.17, 15) is 18.0 Å². The standard InChI is InChI=1S/C30H35Cl2N3O5S/c1-21(2)18-33-30(37)28(17-22-8-6-5-7-9-22)34(19-23-10-15-26(31)27(32)16-23)29(36)20-35(41(4,38)39)24-11-13-25(40-3)14-12-24/h5-16,21,28H,17-20H2,1-4H3,(H,33,37)/t28-/m0/s1. The number of halogens is 2. The third kappa shape index (κ3) is 9.38. The number of nitrogens with zero attached hydrogens (tertiary/aromatic N) is 2. The maximum Gasteiger partial charge on any atom is 0.244 e. The lowest BCUT2D eigenvalue weighted by Crippen LogP contribution is -2.53. The lowest BCUT2D eigenvalue weighted by atomic mass is 10.0. The van der Waals surface area contributed by atoms with E-state index < -0.39 is 28.5 Å². The van der Waals surface area contributed by atoms with Crippen molar-refractivity contribution in [3.8, 4) is 5.75 Å². The molecule has 3 rings (SSSR count). The number of rotatable bonds is 13. The zero-order valence-corrected chi connectivity index (χ0v) is 25.8. The predicted molar refractivity (Wildman–Crippen MR) is 164 cm³/mol. The van der Waals surface area contributed by atoms with Crippen LogP contribution < -0.4 is 14.4 Å². The van der Waals surface area contributed by atoms with Crippen LogP contribution in [0.15, 0.2) is 72.8 Å². The molecule has 0 saturated carbocycles. The van der Waals surface area contributed by atoms with E-state index in [-0.39, 0.29) is 24.8 Å². The summed E-state index contributed by atoms with van der Waals surface area (Å²) in [5.74, 6) is -0.171. The van der Waals surface area contributed by atoms with Crippen LogP contribution >= 0.6 is 23.2 Å². The molecule has 11 heteroatoms. The summed E-state index contributed by atoms with van der Waals surface area (Å²) in [6.45, 7) is 3.85. The molecule has 8 nitrogen and oxygen atoms in total. The van der Waals surface area contributed by atoms with Gasteiger partial charge in [-0.1, -0.05) is 73.4 Å². The van der Waals surface area contributed by atoms with Crippen LogP contribution in [0.25, 0.3) is 0 Å². The van der Waals surface area contributed by atoms with Crippen molar-refractivity contribution in [3.63, 3.8) is 0 Å². The summed E-state index contributed by atoms with van der Waals surface area (Å²) in [6, 6.07) is 19.7. The molecule has 0 fully saturated rings. The third-order valence-electron chi connectivity index (χ3n) is 6.33. The van der Waals surface area contributed by atoms with E-state index in [1.165, 1.54) is 12.0 Å². The van der Waals surface area contributed by atoms with Gasteiger partial charge < -0.3 is 15.0 Å². The van der Waals surface area contributed by atoms with Gasteiger partial charge >= 0.3 is 0 Å². The second kappa shape index (κ2) is 14.6. The Bertz CT molecular complexity index is 1430. The van der Waals surface area contributed by atoms with Gasteiger partial charge in [0.1, 0.15) is 18.3 Å². The molecule has 0 saturated heterocycles. The fourth-order valence-electron chi connectivity index (χ4n) is 4.17. The molecule has 0 aromatic heterocycles. The molecule has 0 aliphatic rings. The zero-order chi connectivity index (χ0) is 30.2. The molecular formula is C30H35Cl2N3O5S. The first-order chi connectivity index (χ1) is 19.4. The van der Waals surface area contributed by atoms with Crippen molar-refractivity contribution in [1.82, 2.24) is 10.2 Å². The number of carbonyl (C=O) groups excluding carboxylic acids is 2. The van der Waals surface area contributed by atoms with Crippen LogP contribution in [-0.4, -0.2) is 57.6 Å². The van der Waals surface area contributed by atoms with Crippen molar-refractivity contribution < 1.29 is 22.7 Å². The van der Waals surface area contributed by atoms with Crippen LogP contribution in [0.3, 0.4) is 0 Å². The predicted octanol–water partition coefficient (Wildman–Crippen LogP) is 5.18. The van der Waals surface area contributed by atoms with Crippen LogP contribution in [0.5, 0.6) is 5.75 Å². The Morgan fingerprint density at radius 2 is 1.59 bits per heavy atom. The van der Waals surface area contributed by atoms with Crippen molar-refractivity contribution >= 4 is 50.7 Å². The molecule has 0 heterocycles. The van der Waals surface area contributed by atoms with Crippen molar-refractivity contribution in [2.24, 2.45) is 5.92 Å². The molecule has 0 aliphatic carbocycles. The van der Waals surface area contributed by atoms with Gasteiger partial charge in [-0.3, -0.25) is 13.9 Å². The van der Waals surface area contributed by atoms with Gasteiger partial charge in [0.05, 0.1) is 29.1 Å². The van der Waals surface area contributed by atoms with Gasteiger partial charge in [0.25, 0.3) is 0 Å². The number of hydrogen-bond acceptors (Lipinski definition) is 5. The van der Waals surface area contributed by atoms with Gasteiger partial charge in [0, 0.05) is 19.5 Å². The number of amides is 2. The molecule has 41 heavy (non-hydrogen) atoms. The monoisotopic (exact) mass is 619 g/mol. The van der Waals surface area contributed by atoms with Gasteiger partial charge in [-0.2, -0.15) is 0 Å². The smallest absolute Gasteiger partial charge is 0.244 e. The lowest BCUT2D eigenvalue weighted by Gasteiger charge is -2.33. The molecule has 3 aromatic carbocycles. The van der Waals surface area contributed by atoms with E-state index in [0.29, 0.717) is 33.6 Å². The topological polar surface area (TPSA) is 96.0 Å². The third-order valence-corrected chi connectivity index (χ3v) is 8.21. The quantitative estimate of drug-likeness (QED) is 0.284. The Morgan fingerprint density at radius 1 is 0.927 bits per heavy atom. The van der Waals surface area contributed by atoms with E-state index >= 15 is 0 Å². The number of methoxy groups -OCH3 is 1. The molecule has 0 radical (unpaired) electrons. The molecule has 1 N–H and O–H groups in total. The Balaban J connectivity index is 2.05. The minimum absolute atomic E-state index is 0.00252. The summed E-state index contributed by atoms with van der Waals surface area (Å²) < 4.78 is 31.9. The molecule has 3 aromatic rings. The van der Waals surface area contributed by atoms with E-state index in [1.54, 1.807) is 42.5 Å². The number of sulfonamides is 1. The molecule has 1 atom stereocenters. The summed E-state index contributed by atoms with van der Waals surface area (Å²) in [7, 11) is -2.37. The molecule has 0 unspecified atom stereocenters. The number of anilines is 1. The number of carbonyl (C=O) groups is 2. The largest absolute Gasteiger partial charge is 0.497 e. The molecule has 2 amide bonds. The summed E-state index contributed by atoms with van der Waals surface area (Å²) >= 11 is 12.4. The summed E-state index contributed by atoms with van der Waals surface area (Å²) in [5.41, 5.74) is 1.78. The van der Waals surface area contributed by atoms with E-state index in [1.807, 2.05) is 44.2 Å². The molecule has 220 valence electrons. The second-order valence-corrected chi connectivity index (χ2v) is 12.8. The minimum Gasteiger partial charge on any atom is -0.497 e. The normalized spacial score (nSPS) is 12.1.